The molecule has 0 radical (unpaired) electrons. The molecule has 0 spiro atoms. The van der Waals surface area contributed by atoms with Gasteiger partial charge in [-0.05, 0) is 32.2 Å². The van der Waals surface area contributed by atoms with Crippen molar-refractivity contribution in [2.45, 2.75) is 26.8 Å². The zero-order chi connectivity index (χ0) is 11.5. The van der Waals surface area contributed by atoms with Crippen molar-refractivity contribution in [3.8, 4) is 0 Å². The Balaban J connectivity index is 2.47. The van der Waals surface area contributed by atoms with Gasteiger partial charge in [-0.2, -0.15) is 0 Å². The predicted molar refractivity (Wildman–Crippen MR) is 62.2 cm³/mol. The quantitative estimate of drug-likeness (QED) is 0.812. The molecule has 1 aromatic rings. The highest BCUT2D eigenvalue weighted by molar-refractivity contribution is 7.10. The van der Waals surface area contributed by atoms with E-state index in [2.05, 4.69) is 11.4 Å². The van der Waals surface area contributed by atoms with E-state index in [1.54, 1.807) is 25.2 Å². The van der Waals surface area contributed by atoms with Crippen LogP contribution in [0.5, 0.6) is 0 Å². The van der Waals surface area contributed by atoms with Gasteiger partial charge in [0.05, 0.1) is 5.41 Å². The Hall–Kier alpha value is -0.870. The van der Waals surface area contributed by atoms with Gasteiger partial charge in [0, 0.05) is 17.5 Å². The number of carbonyl (C=O) groups is 1. The van der Waals surface area contributed by atoms with Crippen LogP contribution >= 0.6 is 11.3 Å². The highest BCUT2D eigenvalue weighted by atomic mass is 32.1. The summed E-state index contributed by atoms with van der Waals surface area (Å²) in [6.45, 7) is 5.97. The van der Waals surface area contributed by atoms with Gasteiger partial charge < -0.3 is 10.4 Å². The van der Waals surface area contributed by atoms with Crippen molar-refractivity contribution in [1.29, 1.82) is 0 Å². The molecule has 1 aromatic heterocycles. The molecule has 0 aliphatic rings. The minimum absolute atomic E-state index is 0.212. The van der Waals surface area contributed by atoms with Gasteiger partial charge in [0.15, 0.2) is 0 Å². The van der Waals surface area contributed by atoms with Crippen molar-refractivity contribution in [2.24, 2.45) is 5.41 Å². The summed E-state index contributed by atoms with van der Waals surface area (Å²) >= 11 is 1.68. The van der Waals surface area contributed by atoms with E-state index in [-0.39, 0.29) is 6.04 Å². The van der Waals surface area contributed by atoms with Crippen LogP contribution in [-0.4, -0.2) is 17.6 Å². The zero-order valence-electron chi connectivity index (χ0n) is 9.28. The molecular weight excluding hydrogens is 210 g/mol. The monoisotopic (exact) mass is 227 g/mol. The van der Waals surface area contributed by atoms with Crippen molar-refractivity contribution in [3.05, 3.63) is 22.4 Å². The molecule has 1 atom stereocenters. The molecule has 1 heterocycles. The fourth-order valence-corrected chi connectivity index (χ4v) is 1.88. The van der Waals surface area contributed by atoms with Gasteiger partial charge in [0.1, 0.15) is 0 Å². The fourth-order valence-electron chi connectivity index (χ4n) is 1.12. The van der Waals surface area contributed by atoms with Crippen molar-refractivity contribution < 1.29 is 9.90 Å². The van der Waals surface area contributed by atoms with Gasteiger partial charge in [-0.25, -0.2) is 0 Å². The van der Waals surface area contributed by atoms with Crippen LogP contribution < -0.4 is 5.32 Å². The molecule has 3 nitrogen and oxygen atoms in total. The van der Waals surface area contributed by atoms with Gasteiger partial charge in [-0.15, -0.1) is 11.3 Å². The Morgan fingerprint density at radius 3 is 2.80 bits per heavy atom. The molecule has 0 aromatic carbocycles. The lowest BCUT2D eigenvalue weighted by atomic mass is 9.93. The van der Waals surface area contributed by atoms with Crippen molar-refractivity contribution >= 4 is 17.3 Å². The summed E-state index contributed by atoms with van der Waals surface area (Å²) in [6.07, 6.45) is 0. The molecule has 0 amide bonds. The van der Waals surface area contributed by atoms with Crippen LogP contribution in [0.15, 0.2) is 17.5 Å². The molecular formula is C11H17NO2S. The second kappa shape index (κ2) is 4.77. The van der Waals surface area contributed by atoms with Crippen molar-refractivity contribution in [3.63, 3.8) is 0 Å². The van der Waals surface area contributed by atoms with Crippen LogP contribution in [-0.2, 0) is 4.79 Å². The van der Waals surface area contributed by atoms with Gasteiger partial charge in [-0.1, -0.05) is 6.07 Å². The number of carboxylic acids is 1. The van der Waals surface area contributed by atoms with E-state index in [1.807, 2.05) is 18.4 Å². The lowest BCUT2D eigenvalue weighted by Gasteiger charge is -2.22. The van der Waals surface area contributed by atoms with Gasteiger partial charge in [-0.3, -0.25) is 4.79 Å². The topological polar surface area (TPSA) is 49.3 Å². The summed E-state index contributed by atoms with van der Waals surface area (Å²) in [4.78, 5) is 12.1. The van der Waals surface area contributed by atoms with Crippen LogP contribution in [0, 0.1) is 5.41 Å². The van der Waals surface area contributed by atoms with Crippen LogP contribution in [0.25, 0.3) is 0 Å². The number of hydrogen-bond donors (Lipinski definition) is 2. The molecule has 0 aliphatic carbocycles. The first-order valence-electron chi connectivity index (χ1n) is 4.93. The Morgan fingerprint density at radius 1 is 1.67 bits per heavy atom. The predicted octanol–water partition coefficient (Wildman–Crippen LogP) is 2.51. The average molecular weight is 227 g/mol. The summed E-state index contributed by atoms with van der Waals surface area (Å²) in [5.41, 5.74) is -0.717. The molecule has 4 heteroatoms. The first-order chi connectivity index (χ1) is 6.93. The molecule has 84 valence electrons. The highest BCUT2D eigenvalue weighted by Crippen LogP contribution is 2.20. The second-order valence-corrected chi connectivity index (χ2v) is 5.29. The summed E-state index contributed by atoms with van der Waals surface area (Å²) in [6, 6.07) is 4.26. The number of carboxylic acid groups (broad SMARTS) is 1. The molecule has 0 saturated heterocycles. The first kappa shape index (κ1) is 12.2. The van der Waals surface area contributed by atoms with Gasteiger partial charge in [0.25, 0.3) is 0 Å². The van der Waals surface area contributed by atoms with Crippen LogP contribution in [0.3, 0.4) is 0 Å². The van der Waals surface area contributed by atoms with E-state index in [4.69, 9.17) is 5.11 Å². The van der Waals surface area contributed by atoms with E-state index in [9.17, 15) is 4.79 Å². The molecule has 0 fully saturated rings. The third-order valence-corrected chi connectivity index (χ3v) is 3.45. The zero-order valence-corrected chi connectivity index (χ0v) is 10.1. The van der Waals surface area contributed by atoms with Crippen LogP contribution in [0.1, 0.15) is 31.7 Å². The smallest absolute Gasteiger partial charge is 0.310 e. The van der Waals surface area contributed by atoms with E-state index in [1.165, 1.54) is 4.88 Å². The molecule has 0 bridgehead atoms. The normalized spacial score (nSPS) is 13.8. The SMILES string of the molecule is C[C@@H](NCC(C)(C)C(=O)O)c1cccs1. The lowest BCUT2D eigenvalue weighted by Crippen LogP contribution is -2.36. The standard InChI is InChI=1S/C11H17NO2S/c1-8(9-5-4-6-15-9)12-7-11(2,3)10(13)14/h4-6,8,12H,7H2,1-3H3,(H,13,14)/t8-/m1/s1. The van der Waals surface area contributed by atoms with Crippen LogP contribution in [0.2, 0.25) is 0 Å². The lowest BCUT2D eigenvalue weighted by molar-refractivity contribution is -0.146. The minimum Gasteiger partial charge on any atom is -0.481 e. The van der Waals surface area contributed by atoms with Crippen LogP contribution in [0.4, 0.5) is 0 Å². The fraction of sp³-hybridized carbons (Fsp3) is 0.545. The molecule has 15 heavy (non-hydrogen) atoms. The minimum atomic E-state index is -0.770. The van der Waals surface area contributed by atoms with Gasteiger partial charge >= 0.3 is 5.97 Å². The Labute approximate surface area is 94.1 Å². The number of thiophene rings is 1. The largest absolute Gasteiger partial charge is 0.481 e. The molecule has 1 rings (SSSR count). The number of hydrogen-bond acceptors (Lipinski definition) is 3. The number of rotatable bonds is 5. The third kappa shape index (κ3) is 3.32. The summed E-state index contributed by atoms with van der Waals surface area (Å²) in [5, 5.41) is 14.2. The summed E-state index contributed by atoms with van der Waals surface area (Å²) < 4.78 is 0. The maximum atomic E-state index is 10.9. The number of nitrogens with one attached hydrogen (secondary N) is 1. The third-order valence-electron chi connectivity index (χ3n) is 2.40. The van der Waals surface area contributed by atoms with E-state index < -0.39 is 11.4 Å². The van der Waals surface area contributed by atoms with Crippen molar-refractivity contribution in [2.75, 3.05) is 6.54 Å². The molecule has 0 aliphatic heterocycles. The van der Waals surface area contributed by atoms with E-state index >= 15 is 0 Å². The number of aliphatic carboxylic acids is 1. The summed E-state index contributed by atoms with van der Waals surface area (Å²) in [5.74, 6) is -0.770. The maximum Gasteiger partial charge on any atom is 0.310 e. The average Bonchev–Trinajstić information content (AvgIpc) is 2.66. The second-order valence-electron chi connectivity index (χ2n) is 4.31. The molecule has 0 unspecified atom stereocenters. The first-order valence-corrected chi connectivity index (χ1v) is 5.81. The Kier molecular flexibility index (Phi) is 3.88. The van der Waals surface area contributed by atoms with Crippen molar-refractivity contribution in [1.82, 2.24) is 5.32 Å². The van der Waals surface area contributed by atoms with Gasteiger partial charge in [0.2, 0.25) is 0 Å². The molecule has 0 saturated carbocycles. The van der Waals surface area contributed by atoms with E-state index in [0.29, 0.717) is 6.54 Å². The highest BCUT2D eigenvalue weighted by Gasteiger charge is 2.27. The Bertz CT molecular complexity index is 319. The van der Waals surface area contributed by atoms with E-state index in [0.717, 1.165) is 0 Å². The summed E-state index contributed by atoms with van der Waals surface area (Å²) in [7, 11) is 0. The molecule has 2 N–H and O–H groups in total. The maximum absolute atomic E-state index is 10.9. The Morgan fingerprint density at radius 2 is 2.33 bits per heavy atom.